The molecule has 2 N–H and O–H groups in total. The molecule has 0 unspecified atom stereocenters. The van der Waals surface area contributed by atoms with Crippen molar-refractivity contribution in [2.45, 2.75) is 31.3 Å². The normalized spacial score (nSPS) is 16.1. The van der Waals surface area contributed by atoms with Crippen LogP contribution in [0, 0.1) is 0 Å². The maximum Gasteiger partial charge on any atom is 0.326 e. The molecule has 0 aliphatic heterocycles. The van der Waals surface area contributed by atoms with Crippen LogP contribution in [0.2, 0.25) is 0 Å². The summed E-state index contributed by atoms with van der Waals surface area (Å²) in [6, 6.07) is 3.15. The summed E-state index contributed by atoms with van der Waals surface area (Å²) in [5.41, 5.74) is 0.554. The molecule has 1 fully saturated rings. The van der Waals surface area contributed by atoms with E-state index in [1.807, 2.05) is 23.1 Å². The van der Waals surface area contributed by atoms with Crippen LogP contribution in [0.4, 0.5) is 0 Å². The second-order valence-corrected chi connectivity index (χ2v) is 5.66. The van der Waals surface area contributed by atoms with Crippen LogP contribution in [0.3, 0.4) is 0 Å². The van der Waals surface area contributed by atoms with Crippen LogP contribution in [0.1, 0.15) is 35.8 Å². The van der Waals surface area contributed by atoms with Crippen molar-refractivity contribution in [3.8, 4) is 0 Å². The standard InChI is InChI=1S/C13H18N2O3S/c1-19-8-6-10(13(17)18)14-12(16)11-3-2-7-15(11)9-4-5-9/h2-3,7,9-10H,4-6,8H2,1H3,(H,14,16)(H,17,18)/t10-/m1/s1. The van der Waals surface area contributed by atoms with Gasteiger partial charge in [-0.1, -0.05) is 0 Å². The van der Waals surface area contributed by atoms with Gasteiger partial charge >= 0.3 is 5.97 Å². The van der Waals surface area contributed by atoms with Crippen molar-refractivity contribution >= 4 is 23.6 Å². The van der Waals surface area contributed by atoms with Gasteiger partial charge in [0.2, 0.25) is 0 Å². The largest absolute Gasteiger partial charge is 0.480 e. The minimum absolute atomic E-state index is 0.301. The molecule has 1 heterocycles. The molecule has 104 valence electrons. The van der Waals surface area contributed by atoms with Crippen molar-refractivity contribution in [3.63, 3.8) is 0 Å². The maximum atomic E-state index is 12.1. The van der Waals surface area contributed by atoms with Gasteiger partial charge in [-0.2, -0.15) is 11.8 Å². The number of thioether (sulfide) groups is 1. The van der Waals surface area contributed by atoms with E-state index in [0.717, 1.165) is 12.8 Å². The molecule has 0 spiro atoms. The zero-order valence-corrected chi connectivity index (χ0v) is 11.7. The second-order valence-electron chi connectivity index (χ2n) is 4.68. The predicted octanol–water partition coefficient (Wildman–Crippen LogP) is 1.76. The van der Waals surface area contributed by atoms with E-state index in [-0.39, 0.29) is 5.91 Å². The zero-order valence-electron chi connectivity index (χ0n) is 10.8. The minimum Gasteiger partial charge on any atom is -0.480 e. The molecule has 0 saturated heterocycles. The number of nitrogens with zero attached hydrogens (tertiary/aromatic N) is 1. The van der Waals surface area contributed by atoms with Crippen LogP contribution in [0.5, 0.6) is 0 Å². The highest BCUT2D eigenvalue weighted by Gasteiger charge is 2.28. The highest BCUT2D eigenvalue weighted by atomic mass is 32.2. The number of hydrogen-bond acceptors (Lipinski definition) is 3. The number of carboxylic acids is 1. The summed E-state index contributed by atoms with van der Waals surface area (Å²) in [6.07, 6.45) is 6.41. The van der Waals surface area contributed by atoms with Gasteiger partial charge in [0.1, 0.15) is 11.7 Å². The Bertz CT molecular complexity index is 468. The number of hydrogen-bond donors (Lipinski definition) is 2. The molecular formula is C13H18N2O3S. The number of nitrogens with one attached hydrogen (secondary N) is 1. The first-order valence-corrected chi connectivity index (χ1v) is 7.72. The summed E-state index contributed by atoms with van der Waals surface area (Å²) in [4.78, 5) is 23.2. The first kappa shape index (κ1) is 14.0. The molecule has 1 amide bonds. The van der Waals surface area contributed by atoms with Crippen LogP contribution < -0.4 is 5.32 Å². The lowest BCUT2D eigenvalue weighted by atomic mass is 10.2. The van der Waals surface area contributed by atoms with Crippen molar-refractivity contribution in [3.05, 3.63) is 24.0 Å². The third-order valence-electron chi connectivity index (χ3n) is 3.17. The molecule has 1 aromatic heterocycles. The Hall–Kier alpha value is -1.43. The molecule has 0 radical (unpaired) electrons. The fourth-order valence-electron chi connectivity index (χ4n) is 1.98. The van der Waals surface area contributed by atoms with E-state index in [0.29, 0.717) is 23.9 Å². The SMILES string of the molecule is CSCC[C@@H](NC(=O)c1cccn1C1CC1)C(=O)O. The van der Waals surface area contributed by atoms with Crippen molar-refractivity contribution in [2.75, 3.05) is 12.0 Å². The Labute approximate surface area is 116 Å². The summed E-state index contributed by atoms with van der Waals surface area (Å²) in [6.45, 7) is 0. The fourth-order valence-corrected chi connectivity index (χ4v) is 2.45. The number of amides is 1. The Morgan fingerprint density at radius 1 is 1.58 bits per heavy atom. The molecule has 5 nitrogen and oxygen atoms in total. The monoisotopic (exact) mass is 282 g/mol. The van der Waals surface area contributed by atoms with E-state index in [4.69, 9.17) is 5.11 Å². The van der Waals surface area contributed by atoms with Gasteiger partial charge in [-0.3, -0.25) is 4.79 Å². The molecule has 19 heavy (non-hydrogen) atoms. The van der Waals surface area contributed by atoms with Gasteiger partial charge in [-0.05, 0) is 43.4 Å². The van der Waals surface area contributed by atoms with Crippen molar-refractivity contribution in [1.29, 1.82) is 0 Å². The molecule has 0 aromatic carbocycles. The second kappa shape index (κ2) is 6.14. The lowest BCUT2D eigenvalue weighted by molar-refractivity contribution is -0.139. The first-order chi connectivity index (χ1) is 9.13. The van der Waals surface area contributed by atoms with Crippen LogP contribution in [0.15, 0.2) is 18.3 Å². The lowest BCUT2D eigenvalue weighted by Crippen LogP contribution is -2.41. The topological polar surface area (TPSA) is 71.3 Å². The number of carboxylic acid groups (broad SMARTS) is 1. The summed E-state index contributed by atoms with van der Waals surface area (Å²) in [5, 5.41) is 11.7. The Kier molecular flexibility index (Phi) is 4.52. The van der Waals surface area contributed by atoms with Gasteiger partial charge in [0, 0.05) is 12.2 Å². The first-order valence-electron chi connectivity index (χ1n) is 6.33. The van der Waals surface area contributed by atoms with Gasteiger partial charge in [0.05, 0.1) is 0 Å². The molecule has 1 aliphatic carbocycles. The van der Waals surface area contributed by atoms with Gasteiger partial charge < -0.3 is 15.0 Å². The Morgan fingerprint density at radius 2 is 2.32 bits per heavy atom. The average molecular weight is 282 g/mol. The Balaban J connectivity index is 2.01. The fraction of sp³-hybridized carbons (Fsp3) is 0.538. The smallest absolute Gasteiger partial charge is 0.326 e. The van der Waals surface area contributed by atoms with Crippen LogP contribution in [0.25, 0.3) is 0 Å². The van der Waals surface area contributed by atoms with E-state index in [1.54, 1.807) is 17.8 Å². The molecule has 2 rings (SSSR count). The van der Waals surface area contributed by atoms with Crippen LogP contribution >= 0.6 is 11.8 Å². The predicted molar refractivity (Wildman–Crippen MR) is 74.6 cm³/mol. The van der Waals surface area contributed by atoms with Gasteiger partial charge in [0.15, 0.2) is 0 Å². The molecule has 6 heteroatoms. The highest BCUT2D eigenvalue weighted by molar-refractivity contribution is 7.98. The summed E-state index contributed by atoms with van der Waals surface area (Å²) < 4.78 is 1.93. The molecule has 1 aromatic rings. The lowest BCUT2D eigenvalue weighted by Gasteiger charge is -2.15. The van der Waals surface area contributed by atoms with E-state index in [1.165, 1.54) is 0 Å². The minimum atomic E-state index is -0.980. The van der Waals surface area contributed by atoms with Crippen molar-refractivity contribution < 1.29 is 14.7 Å². The quantitative estimate of drug-likeness (QED) is 0.799. The van der Waals surface area contributed by atoms with Crippen molar-refractivity contribution in [1.82, 2.24) is 9.88 Å². The zero-order chi connectivity index (χ0) is 13.8. The number of carbonyl (C=O) groups is 2. The summed E-state index contributed by atoms with van der Waals surface area (Å²) in [7, 11) is 0. The summed E-state index contributed by atoms with van der Waals surface area (Å²) >= 11 is 1.57. The van der Waals surface area contributed by atoms with Crippen molar-refractivity contribution in [2.24, 2.45) is 0 Å². The number of rotatable bonds is 7. The third-order valence-corrected chi connectivity index (χ3v) is 3.81. The molecule has 0 bridgehead atoms. The van der Waals surface area contributed by atoms with Gasteiger partial charge in [-0.15, -0.1) is 0 Å². The van der Waals surface area contributed by atoms with E-state index < -0.39 is 12.0 Å². The maximum absolute atomic E-state index is 12.1. The molecular weight excluding hydrogens is 264 g/mol. The molecule has 1 atom stereocenters. The third kappa shape index (κ3) is 3.53. The average Bonchev–Trinajstić information content (AvgIpc) is 3.11. The molecule has 1 saturated carbocycles. The number of aliphatic carboxylic acids is 1. The molecule has 1 aliphatic rings. The van der Waals surface area contributed by atoms with E-state index >= 15 is 0 Å². The van der Waals surface area contributed by atoms with E-state index in [9.17, 15) is 9.59 Å². The number of aromatic nitrogens is 1. The van der Waals surface area contributed by atoms with Crippen LogP contribution in [-0.2, 0) is 4.79 Å². The van der Waals surface area contributed by atoms with Gasteiger partial charge in [-0.25, -0.2) is 4.79 Å². The highest BCUT2D eigenvalue weighted by Crippen LogP contribution is 2.35. The van der Waals surface area contributed by atoms with Crippen LogP contribution in [-0.4, -0.2) is 39.6 Å². The summed E-state index contributed by atoms with van der Waals surface area (Å²) in [5.74, 6) is -0.571. The van der Waals surface area contributed by atoms with Gasteiger partial charge in [0.25, 0.3) is 5.91 Å². The van der Waals surface area contributed by atoms with E-state index in [2.05, 4.69) is 5.32 Å². The number of carbonyl (C=O) groups excluding carboxylic acids is 1. The Morgan fingerprint density at radius 3 is 2.89 bits per heavy atom.